The Morgan fingerprint density at radius 3 is 2.74 bits per heavy atom. The number of furan rings is 1. The molecule has 0 radical (unpaired) electrons. The molecule has 0 fully saturated rings. The van der Waals surface area contributed by atoms with Gasteiger partial charge in [0.15, 0.2) is 0 Å². The van der Waals surface area contributed by atoms with Gasteiger partial charge in [0.2, 0.25) is 0 Å². The van der Waals surface area contributed by atoms with Gasteiger partial charge in [-0.2, -0.15) is 5.10 Å². The van der Waals surface area contributed by atoms with E-state index in [0.717, 1.165) is 11.1 Å². The van der Waals surface area contributed by atoms with Crippen LogP contribution in [0.3, 0.4) is 0 Å². The molecular formula is C19H16N4O4. The molecular weight excluding hydrogens is 348 g/mol. The first-order chi connectivity index (χ1) is 13.0. The summed E-state index contributed by atoms with van der Waals surface area (Å²) in [5.41, 5.74) is 4.98. The lowest BCUT2D eigenvalue weighted by Gasteiger charge is -2.06. The molecule has 0 aliphatic rings. The van der Waals surface area contributed by atoms with E-state index in [1.165, 1.54) is 18.5 Å². The van der Waals surface area contributed by atoms with Crippen LogP contribution < -0.4 is 5.43 Å². The van der Waals surface area contributed by atoms with Crippen molar-refractivity contribution in [3.63, 3.8) is 0 Å². The second-order valence-corrected chi connectivity index (χ2v) is 5.78. The highest BCUT2D eigenvalue weighted by Crippen LogP contribution is 2.31. The van der Waals surface area contributed by atoms with E-state index in [1.807, 2.05) is 6.92 Å². The van der Waals surface area contributed by atoms with Crippen LogP contribution in [0.25, 0.3) is 11.3 Å². The number of nitrogens with zero attached hydrogens (tertiary/aromatic N) is 3. The molecule has 0 aliphatic heterocycles. The Morgan fingerprint density at radius 1 is 1.22 bits per heavy atom. The number of hydrogen-bond donors (Lipinski definition) is 1. The molecule has 2 aromatic heterocycles. The zero-order valence-electron chi connectivity index (χ0n) is 14.7. The number of nitro benzene ring substituents is 1. The summed E-state index contributed by atoms with van der Waals surface area (Å²) in [5.74, 6) is 0.616. The third kappa shape index (κ3) is 3.90. The molecule has 0 atom stereocenters. The Hall–Kier alpha value is -3.81. The fourth-order valence-corrected chi connectivity index (χ4v) is 2.55. The van der Waals surface area contributed by atoms with Gasteiger partial charge in [0.25, 0.3) is 11.6 Å². The van der Waals surface area contributed by atoms with E-state index in [4.69, 9.17) is 4.42 Å². The fourth-order valence-electron chi connectivity index (χ4n) is 2.55. The van der Waals surface area contributed by atoms with Crippen LogP contribution in [0, 0.1) is 24.0 Å². The minimum Gasteiger partial charge on any atom is -0.455 e. The van der Waals surface area contributed by atoms with Gasteiger partial charge in [-0.3, -0.25) is 19.9 Å². The molecule has 8 nitrogen and oxygen atoms in total. The van der Waals surface area contributed by atoms with Crippen molar-refractivity contribution >= 4 is 17.8 Å². The summed E-state index contributed by atoms with van der Waals surface area (Å²) in [4.78, 5) is 26.4. The Labute approximate surface area is 154 Å². The molecule has 0 saturated carbocycles. The number of aromatic nitrogens is 1. The number of benzene rings is 1. The van der Waals surface area contributed by atoms with E-state index in [0.29, 0.717) is 22.6 Å². The fraction of sp³-hybridized carbons (Fsp3) is 0.105. The number of nitrogens with one attached hydrogen (secondary N) is 1. The summed E-state index contributed by atoms with van der Waals surface area (Å²) in [6.07, 6.45) is 4.40. The van der Waals surface area contributed by atoms with Gasteiger partial charge in [0.1, 0.15) is 11.5 Å². The van der Waals surface area contributed by atoms with E-state index in [1.54, 1.807) is 43.5 Å². The molecule has 0 unspecified atom stereocenters. The number of pyridine rings is 1. The highest BCUT2D eigenvalue weighted by molar-refractivity contribution is 5.94. The van der Waals surface area contributed by atoms with Crippen LogP contribution in [0.2, 0.25) is 0 Å². The van der Waals surface area contributed by atoms with Crippen LogP contribution in [0.15, 0.2) is 58.3 Å². The van der Waals surface area contributed by atoms with Gasteiger partial charge in [0.05, 0.1) is 16.7 Å². The van der Waals surface area contributed by atoms with Gasteiger partial charge in [-0.1, -0.05) is 0 Å². The van der Waals surface area contributed by atoms with E-state index in [-0.39, 0.29) is 11.6 Å². The number of rotatable bonds is 5. The quantitative estimate of drug-likeness (QED) is 0.422. The maximum Gasteiger partial charge on any atom is 0.272 e. The average Bonchev–Trinajstić information content (AvgIpc) is 3.12. The van der Waals surface area contributed by atoms with Crippen LogP contribution in [-0.2, 0) is 0 Å². The summed E-state index contributed by atoms with van der Waals surface area (Å²) in [6, 6.07) is 9.85. The molecule has 0 saturated heterocycles. The second-order valence-electron chi connectivity index (χ2n) is 5.78. The number of amides is 1. The van der Waals surface area contributed by atoms with E-state index >= 15 is 0 Å². The maximum atomic E-state index is 11.9. The topological polar surface area (TPSA) is 111 Å². The van der Waals surface area contributed by atoms with Crippen LogP contribution in [0.5, 0.6) is 0 Å². The predicted molar refractivity (Wildman–Crippen MR) is 99.6 cm³/mol. The standard InChI is InChI=1S/C19H16N4O4/c1-12-13(2)17(23(25)26)7-6-16(12)18-8-5-15(27-18)11-21-22-19(24)14-4-3-9-20-10-14/h3-11H,1-2H3,(H,22,24)/b21-11-. The lowest BCUT2D eigenvalue weighted by Crippen LogP contribution is -2.17. The average molecular weight is 364 g/mol. The van der Waals surface area contributed by atoms with Gasteiger partial charge < -0.3 is 4.42 Å². The van der Waals surface area contributed by atoms with Crippen LogP contribution in [0.1, 0.15) is 27.2 Å². The van der Waals surface area contributed by atoms with Crippen molar-refractivity contribution in [1.29, 1.82) is 0 Å². The molecule has 1 aromatic carbocycles. The molecule has 2 heterocycles. The molecule has 1 N–H and O–H groups in total. The number of hydrazone groups is 1. The first kappa shape index (κ1) is 18.0. The van der Waals surface area contributed by atoms with Crippen molar-refractivity contribution < 1.29 is 14.1 Å². The van der Waals surface area contributed by atoms with Crippen molar-refractivity contribution in [3.8, 4) is 11.3 Å². The first-order valence-electron chi connectivity index (χ1n) is 8.05. The highest BCUT2D eigenvalue weighted by atomic mass is 16.6. The lowest BCUT2D eigenvalue weighted by atomic mass is 10.00. The van der Waals surface area contributed by atoms with Gasteiger partial charge in [-0.05, 0) is 49.7 Å². The predicted octanol–water partition coefficient (Wildman–Crippen LogP) is 3.63. The monoisotopic (exact) mass is 364 g/mol. The molecule has 27 heavy (non-hydrogen) atoms. The van der Waals surface area contributed by atoms with Crippen LogP contribution in [-0.4, -0.2) is 22.0 Å². The SMILES string of the molecule is Cc1c(-c2ccc(/C=N\NC(=O)c3cccnc3)o2)ccc([N+](=O)[O-])c1C. The summed E-state index contributed by atoms with van der Waals surface area (Å²) in [6.45, 7) is 3.51. The molecule has 8 heteroatoms. The smallest absolute Gasteiger partial charge is 0.272 e. The van der Waals surface area contributed by atoms with Crippen molar-refractivity contribution in [2.75, 3.05) is 0 Å². The Balaban J connectivity index is 1.75. The van der Waals surface area contributed by atoms with Crippen molar-refractivity contribution in [1.82, 2.24) is 10.4 Å². The molecule has 0 bridgehead atoms. The Kier molecular flexibility index (Phi) is 5.07. The normalized spacial score (nSPS) is 10.9. The molecule has 0 spiro atoms. The van der Waals surface area contributed by atoms with Crippen molar-refractivity contribution in [3.05, 3.63) is 81.4 Å². The third-order valence-electron chi connectivity index (χ3n) is 4.13. The molecule has 3 rings (SSSR count). The number of hydrogen-bond acceptors (Lipinski definition) is 6. The van der Waals surface area contributed by atoms with E-state index < -0.39 is 4.92 Å². The largest absolute Gasteiger partial charge is 0.455 e. The summed E-state index contributed by atoms with van der Waals surface area (Å²) < 4.78 is 5.71. The minimum absolute atomic E-state index is 0.0720. The number of carbonyl (C=O) groups excluding carboxylic acids is 1. The maximum absolute atomic E-state index is 11.9. The Bertz CT molecular complexity index is 1030. The molecule has 136 valence electrons. The number of carbonyl (C=O) groups is 1. The zero-order chi connectivity index (χ0) is 19.4. The van der Waals surface area contributed by atoms with Gasteiger partial charge in [-0.15, -0.1) is 0 Å². The zero-order valence-corrected chi connectivity index (χ0v) is 14.7. The van der Waals surface area contributed by atoms with Gasteiger partial charge >= 0.3 is 0 Å². The van der Waals surface area contributed by atoms with Gasteiger partial charge in [0, 0.05) is 29.6 Å². The second kappa shape index (κ2) is 7.61. The Morgan fingerprint density at radius 2 is 2.04 bits per heavy atom. The molecule has 1 amide bonds. The van der Waals surface area contributed by atoms with Crippen LogP contribution >= 0.6 is 0 Å². The number of nitro groups is 1. The summed E-state index contributed by atoms with van der Waals surface area (Å²) in [5, 5.41) is 14.9. The third-order valence-corrected chi connectivity index (χ3v) is 4.13. The van der Waals surface area contributed by atoms with Crippen molar-refractivity contribution in [2.45, 2.75) is 13.8 Å². The summed E-state index contributed by atoms with van der Waals surface area (Å²) in [7, 11) is 0. The summed E-state index contributed by atoms with van der Waals surface area (Å²) >= 11 is 0. The molecule has 3 aromatic rings. The lowest BCUT2D eigenvalue weighted by molar-refractivity contribution is -0.385. The van der Waals surface area contributed by atoms with Crippen molar-refractivity contribution in [2.24, 2.45) is 5.10 Å². The van der Waals surface area contributed by atoms with Crippen LogP contribution in [0.4, 0.5) is 5.69 Å². The molecule has 0 aliphatic carbocycles. The first-order valence-corrected chi connectivity index (χ1v) is 8.05. The van der Waals surface area contributed by atoms with E-state index in [9.17, 15) is 14.9 Å². The highest BCUT2D eigenvalue weighted by Gasteiger charge is 2.17. The minimum atomic E-state index is -0.405. The van der Waals surface area contributed by atoms with Gasteiger partial charge in [-0.25, -0.2) is 5.43 Å². The van der Waals surface area contributed by atoms with E-state index in [2.05, 4.69) is 15.5 Å².